The first-order valence-electron chi connectivity index (χ1n) is 6.96. The number of nitrogens with two attached hydrogens (primary N) is 1. The number of primary amides is 1. The second-order valence-corrected chi connectivity index (χ2v) is 6.09. The highest BCUT2D eigenvalue weighted by Crippen LogP contribution is 2.24. The van der Waals surface area contributed by atoms with Crippen LogP contribution in [0.4, 0.5) is 0 Å². The Balaban J connectivity index is 1.99. The van der Waals surface area contributed by atoms with E-state index in [9.17, 15) is 9.90 Å². The topological polar surface area (TPSA) is 75.8 Å². The summed E-state index contributed by atoms with van der Waals surface area (Å²) in [7, 11) is 1.94. The van der Waals surface area contributed by atoms with Crippen molar-refractivity contribution < 1.29 is 14.6 Å². The molecule has 6 heteroatoms. The summed E-state index contributed by atoms with van der Waals surface area (Å²) >= 11 is 6.18. The minimum atomic E-state index is -0.702. The first-order chi connectivity index (χ1) is 9.89. The lowest BCUT2D eigenvalue weighted by Gasteiger charge is -2.35. The van der Waals surface area contributed by atoms with Crippen LogP contribution in [0.2, 0.25) is 5.02 Å². The minimum absolute atomic E-state index is 0.398. The molecule has 0 saturated carbocycles. The van der Waals surface area contributed by atoms with Crippen molar-refractivity contribution in [2.75, 3.05) is 26.8 Å². The first kappa shape index (κ1) is 16.2. The minimum Gasteiger partial charge on any atom is -0.388 e. The van der Waals surface area contributed by atoms with Crippen LogP contribution in [0.1, 0.15) is 28.8 Å². The summed E-state index contributed by atoms with van der Waals surface area (Å²) in [4.78, 5) is 13.1. The predicted octanol–water partition coefficient (Wildman–Crippen LogP) is 1.41. The zero-order chi connectivity index (χ0) is 15.5. The molecule has 0 aliphatic carbocycles. The second-order valence-electron chi connectivity index (χ2n) is 5.68. The molecule has 0 spiro atoms. The Morgan fingerprint density at radius 2 is 2.14 bits per heavy atom. The van der Waals surface area contributed by atoms with Crippen molar-refractivity contribution in [3.05, 3.63) is 34.3 Å². The van der Waals surface area contributed by atoms with Crippen molar-refractivity contribution in [3.8, 4) is 0 Å². The van der Waals surface area contributed by atoms with E-state index < -0.39 is 11.5 Å². The summed E-state index contributed by atoms with van der Waals surface area (Å²) in [5.41, 5.74) is 5.82. The van der Waals surface area contributed by atoms with Gasteiger partial charge in [-0.15, -0.1) is 0 Å². The number of rotatable bonds is 5. The third-order valence-electron chi connectivity index (χ3n) is 3.77. The molecule has 1 aromatic carbocycles. The Kier molecular flexibility index (Phi) is 5.22. The van der Waals surface area contributed by atoms with E-state index in [0.717, 1.165) is 5.56 Å². The average molecular weight is 313 g/mol. The number of ether oxygens (including phenoxy) is 1. The molecule has 1 fully saturated rings. The molecule has 21 heavy (non-hydrogen) atoms. The van der Waals surface area contributed by atoms with Gasteiger partial charge in [-0.1, -0.05) is 17.7 Å². The van der Waals surface area contributed by atoms with Crippen LogP contribution >= 0.6 is 11.6 Å². The van der Waals surface area contributed by atoms with Gasteiger partial charge in [0.2, 0.25) is 5.91 Å². The average Bonchev–Trinajstić information content (AvgIpc) is 2.41. The smallest absolute Gasteiger partial charge is 0.248 e. The van der Waals surface area contributed by atoms with Gasteiger partial charge in [0.05, 0.1) is 5.60 Å². The number of amides is 1. The van der Waals surface area contributed by atoms with Crippen molar-refractivity contribution >= 4 is 17.5 Å². The fraction of sp³-hybridized carbons (Fsp3) is 0.533. The van der Waals surface area contributed by atoms with Gasteiger partial charge >= 0.3 is 0 Å². The standard InChI is InChI=1S/C15H21ClN2O3/c1-18(10-15(20)4-6-21-7-5-15)9-12-3-2-11(14(17)19)8-13(12)16/h2-3,8,20H,4-7,9-10H2,1H3,(H2,17,19). The summed E-state index contributed by atoms with van der Waals surface area (Å²) < 4.78 is 5.28. The number of halogens is 1. The van der Waals surface area contributed by atoms with Crippen molar-refractivity contribution in [3.63, 3.8) is 0 Å². The predicted molar refractivity (Wildman–Crippen MR) is 81.3 cm³/mol. The first-order valence-corrected chi connectivity index (χ1v) is 7.34. The second kappa shape index (κ2) is 6.75. The van der Waals surface area contributed by atoms with Crippen LogP contribution in [0, 0.1) is 0 Å². The number of aliphatic hydroxyl groups is 1. The number of nitrogens with zero attached hydrogens (tertiary/aromatic N) is 1. The van der Waals surface area contributed by atoms with Crippen LogP contribution in [0.5, 0.6) is 0 Å². The van der Waals surface area contributed by atoms with Crippen LogP contribution in [-0.4, -0.2) is 48.3 Å². The highest BCUT2D eigenvalue weighted by atomic mass is 35.5. The lowest BCUT2D eigenvalue weighted by molar-refractivity contribution is -0.0777. The number of benzene rings is 1. The van der Waals surface area contributed by atoms with Gasteiger partial charge in [0.1, 0.15) is 0 Å². The summed E-state index contributed by atoms with van der Waals surface area (Å²) in [5.74, 6) is -0.492. The van der Waals surface area contributed by atoms with E-state index in [1.807, 2.05) is 11.9 Å². The number of carbonyl (C=O) groups excluding carboxylic acids is 1. The summed E-state index contributed by atoms with van der Waals surface area (Å²) in [6.45, 7) is 2.35. The van der Waals surface area contributed by atoms with E-state index >= 15 is 0 Å². The molecule has 2 rings (SSSR count). The molecular formula is C15H21ClN2O3. The van der Waals surface area contributed by atoms with E-state index in [1.54, 1.807) is 18.2 Å². The molecule has 5 nitrogen and oxygen atoms in total. The fourth-order valence-electron chi connectivity index (χ4n) is 2.59. The molecule has 1 saturated heterocycles. The Labute approximate surface area is 129 Å². The van der Waals surface area contributed by atoms with Crippen LogP contribution < -0.4 is 5.73 Å². The van der Waals surface area contributed by atoms with Gasteiger partial charge in [-0.3, -0.25) is 9.69 Å². The Morgan fingerprint density at radius 1 is 1.48 bits per heavy atom. The van der Waals surface area contributed by atoms with Gasteiger partial charge in [-0.2, -0.15) is 0 Å². The zero-order valence-corrected chi connectivity index (χ0v) is 12.9. The summed E-state index contributed by atoms with van der Waals surface area (Å²) in [5, 5.41) is 11.0. The third kappa shape index (κ3) is 4.41. The molecule has 3 N–H and O–H groups in total. The molecule has 0 radical (unpaired) electrons. The Bertz CT molecular complexity index is 516. The van der Waals surface area contributed by atoms with Crippen molar-refractivity contribution in [1.82, 2.24) is 4.90 Å². The van der Waals surface area contributed by atoms with Crippen LogP contribution in [0.15, 0.2) is 18.2 Å². The van der Waals surface area contributed by atoms with E-state index in [2.05, 4.69) is 0 Å². The van der Waals surface area contributed by atoms with Crippen molar-refractivity contribution in [1.29, 1.82) is 0 Å². The molecule has 1 aromatic rings. The van der Waals surface area contributed by atoms with Gasteiger partial charge in [-0.05, 0) is 24.7 Å². The summed E-state index contributed by atoms with van der Waals surface area (Å²) in [6.07, 6.45) is 1.29. The fourth-order valence-corrected chi connectivity index (χ4v) is 2.83. The molecule has 1 aliphatic rings. The molecule has 0 atom stereocenters. The van der Waals surface area contributed by atoms with Gasteiger partial charge in [-0.25, -0.2) is 0 Å². The number of carbonyl (C=O) groups is 1. The van der Waals surface area contributed by atoms with Crippen LogP contribution in [0.3, 0.4) is 0 Å². The highest BCUT2D eigenvalue weighted by Gasteiger charge is 2.31. The maximum atomic E-state index is 11.1. The number of hydrogen-bond acceptors (Lipinski definition) is 4. The van der Waals surface area contributed by atoms with Gasteiger partial charge in [0.25, 0.3) is 0 Å². The van der Waals surface area contributed by atoms with Gasteiger partial charge in [0, 0.05) is 49.7 Å². The van der Waals surface area contributed by atoms with E-state index in [-0.39, 0.29) is 0 Å². The van der Waals surface area contributed by atoms with Gasteiger partial charge < -0.3 is 15.6 Å². The van der Waals surface area contributed by atoms with E-state index in [0.29, 0.717) is 49.7 Å². The highest BCUT2D eigenvalue weighted by molar-refractivity contribution is 6.31. The number of hydrogen-bond donors (Lipinski definition) is 2. The van der Waals surface area contributed by atoms with Crippen LogP contribution in [-0.2, 0) is 11.3 Å². The molecule has 0 unspecified atom stereocenters. The summed E-state index contributed by atoms with van der Waals surface area (Å²) in [6, 6.07) is 5.05. The Morgan fingerprint density at radius 3 is 2.71 bits per heavy atom. The van der Waals surface area contributed by atoms with E-state index in [4.69, 9.17) is 22.1 Å². The SMILES string of the molecule is CN(Cc1ccc(C(N)=O)cc1Cl)CC1(O)CCOCC1. The van der Waals surface area contributed by atoms with E-state index in [1.165, 1.54) is 0 Å². The normalized spacial score (nSPS) is 17.9. The molecular weight excluding hydrogens is 292 g/mol. The molecule has 116 valence electrons. The third-order valence-corrected chi connectivity index (χ3v) is 4.12. The molecule has 1 heterocycles. The van der Waals surface area contributed by atoms with Gasteiger partial charge in [0.15, 0.2) is 0 Å². The van der Waals surface area contributed by atoms with Crippen LogP contribution in [0.25, 0.3) is 0 Å². The maximum absolute atomic E-state index is 11.1. The monoisotopic (exact) mass is 312 g/mol. The molecule has 0 aromatic heterocycles. The zero-order valence-electron chi connectivity index (χ0n) is 12.1. The Hall–Kier alpha value is -1.14. The van der Waals surface area contributed by atoms with Crippen molar-refractivity contribution in [2.45, 2.75) is 25.0 Å². The lowest BCUT2D eigenvalue weighted by atomic mass is 9.94. The molecule has 0 bridgehead atoms. The molecule has 1 amide bonds. The quantitative estimate of drug-likeness (QED) is 0.862. The largest absolute Gasteiger partial charge is 0.388 e. The number of likely N-dealkylation sites (N-methyl/N-ethyl adjacent to an activating group) is 1. The maximum Gasteiger partial charge on any atom is 0.248 e. The van der Waals surface area contributed by atoms with Crippen molar-refractivity contribution in [2.24, 2.45) is 5.73 Å². The lowest BCUT2D eigenvalue weighted by Crippen LogP contribution is -2.45. The molecule has 1 aliphatic heterocycles.